The van der Waals surface area contributed by atoms with Gasteiger partial charge in [-0.05, 0) is 18.9 Å². The summed E-state index contributed by atoms with van der Waals surface area (Å²) >= 11 is 0. The number of ether oxygens (including phenoxy) is 1. The Balaban J connectivity index is 2.21. The molecule has 1 aliphatic heterocycles. The summed E-state index contributed by atoms with van der Waals surface area (Å²) in [5, 5.41) is 16.9. The molecule has 1 aromatic carbocycles. The Morgan fingerprint density at radius 2 is 2.33 bits per heavy atom. The lowest BCUT2D eigenvalue weighted by molar-refractivity contribution is -0.384. The largest absolute Gasteiger partial charge is 0.384 e. The van der Waals surface area contributed by atoms with E-state index in [9.17, 15) is 14.9 Å². The van der Waals surface area contributed by atoms with Gasteiger partial charge in [0.15, 0.2) is 0 Å². The monoisotopic (exact) mass is 293 g/mol. The average molecular weight is 293 g/mol. The van der Waals surface area contributed by atoms with Gasteiger partial charge >= 0.3 is 0 Å². The van der Waals surface area contributed by atoms with Crippen LogP contribution in [0.2, 0.25) is 0 Å². The van der Waals surface area contributed by atoms with Crippen molar-refractivity contribution in [2.75, 3.05) is 25.1 Å². The fourth-order valence-electron chi connectivity index (χ4n) is 2.16. The van der Waals surface area contributed by atoms with Gasteiger partial charge in [0.1, 0.15) is 0 Å². The maximum Gasteiger partial charge on any atom is 0.270 e. The van der Waals surface area contributed by atoms with E-state index < -0.39 is 4.92 Å². The smallest absolute Gasteiger partial charge is 0.270 e. The first-order chi connectivity index (χ1) is 10.1. The molecule has 21 heavy (non-hydrogen) atoms. The molecular formula is C14H19N3O4. The van der Waals surface area contributed by atoms with Crippen molar-refractivity contribution in [1.82, 2.24) is 5.32 Å². The molecule has 1 amide bonds. The van der Waals surface area contributed by atoms with E-state index in [0.29, 0.717) is 31.0 Å². The molecular weight excluding hydrogens is 274 g/mol. The fraction of sp³-hybridized carbons (Fsp3) is 0.500. The summed E-state index contributed by atoms with van der Waals surface area (Å²) in [5.41, 5.74) is 0.813. The van der Waals surface area contributed by atoms with Crippen LogP contribution < -0.4 is 10.6 Å². The summed E-state index contributed by atoms with van der Waals surface area (Å²) in [7, 11) is 0. The number of nitrogens with one attached hydrogen (secondary N) is 2. The number of amides is 1. The molecule has 114 valence electrons. The van der Waals surface area contributed by atoms with E-state index in [1.165, 1.54) is 12.1 Å². The Kier molecular flexibility index (Phi) is 5.10. The first-order valence-electron chi connectivity index (χ1n) is 7.02. The molecule has 1 aliphatic rings. The standard InChI is InChI=1S/C14H19N3O4/c1-2-6-15-13-4-3-11(17(19)20)8-12(13)14(18)16-10-5-7-21-9-10/h3-4,8,10,15H,2,5-7,9H2,1H3,(H,16,18). The number of nitro groups is 1. The Hall–Kier alpha value is -2.15. The van der Waals surface area contributed by atoms with E-state index in [1.807, 2.05) is 6.92 Å². The van der Waals surface area contributed by atoms with Crippen molar-refractivity contribution >= 4 is 17.3 Å². The number of nitro benzene ring substituents is 1. The lowest BCUT2D eigenvalue weighted by Gasteiger charge is -2.14. The molecule has 7 heteroatoms. The van der Waals surface area contributed by atoms with Gasteiger partial charge in [0, 0.05) is 31.0 Å². The maximum absolute atomic E-state index is 12.3. The summed E-state index contributed by atoms with van der Waals surface area (Å²) in [6, 6.07) is 4.25. The zero-order valence-corrected chi connectivity index (χ0v) is 11.9. The Morgan fingerprint density at radius 1 is 1.52 bits per heavy atom. The summed E-state index contributed by atoms with van der Waals surface area (Å²) in [6.45, 7) is 3.82. The molecule has 0 spiro atoms. The number of anilines is 1. The molecule has 1 heterocycles. The third-order valence-corrected chi connectivity index (χ3v) is 3.29. The predicted molar refractivity (Wildman–Crippen MR) is 78.6 cm³/mol. The quantitative estimate of drug-likeness (QED) is 0.617. The van der Waals surface area contributed by atoms with E-state index in [0.717, 1.165) is 12.8 Å². The topological polar surface area (TPSA) is 93.5 Å². The van der Waals surface area contributed by atoms with Crippen molar-refractivity contribution in [1.29, 1.82) is 0 Å². The van der Waals surface area contributed by atoms with Gasteiger partial charge in [0.2, 0.25) is 0 Å². The molecule has 1 aromatic rings. The van der Waals surface area contributed by atoms with E-state index in [4.69, 9.17) is 4.74 Å². The van der Waals surface area contributed by atoms with Crippen molar-refractivity contribution < 1.29 is 14.5 Å². The third kappa shape index (κ3) is 3.91. The highest BCUT2D eigenvalue weighted by atomic mass is 16.6. The molecule has 2 rings (SSSR count). The second-order valence-electron chi connectivity index (χ2n) is 4.95. The zero-order valence-electron chi connectivity index (χ0n) is 11.9. The highest BCUT2D eigenvalue weighted by molar-refractivity contribution is 6.00. The van der Waals surface area contributed by atoms with Crippen LogP contribution in [0.4, 0.5) is 11.4 Å². The minimum atomic E-state index is -0.501. The van der Waals surface area contributed by atoms with Gasteiger partial charge in [0.25, 0.3) is 11.6 Å². The van der Waals surface area contributed by atoms with Crippen molar-refractivity contribution in [3.8, 4) is 0 Å². The number of carbonyl (C=O) groups is 1. The SMILES string of the molecule is CCCNc1ccc([N+](=O)[O-])cc1C(=O)NC1CCOC1. The van der Waals surface area contributed by atoms with Crippen LogP contribution in [-0.2, 0) is 4.74 Å². The first kappa shape index (κ1) is 15.2. The maximum atomic E-state index is 12.3. The van der Waals surface area contributed by atoms with Crippen molar-refractivity contribution in [2.24, 2.45) is 0 Å². The Labute approximate surface area is 122 Å². The summed E-state index contributed by atoms with van der Waals surface area (Å²) in [4.78, 5) is 22.7. The normalized spacial score (nSPS) is 17.5. The van der Waals surface area contributed by atoms with E-state index in [-0.39, 0.29) is 17.6 Å². The predicted octanol–water partition coefficient (Wildman–Crippen LogP) is 1.94. The molecule has 7 nitrogen and oxygen atoms in total. The number of benzene rings is 1. The highest BCUT2D eigenvalue weighted by Crippen LogP contribution is 2.22. The van der Waals surface area contributed by atoms with Gasteiger partial charge in [-0.1, -0.05) is 6.92 Å². The Bertz CT molecular complexity index is 527. The summed E-state index contributed by atoms with van der Waals surface area (Å²) in [5.74, 6) is -0.312. The van der Waals surface area contributed by atoms with Gasteiger partial charge in [0.05, 0.1) is 23.1 Å². The van der Waals surface area contributed by atoms with Crippen LogP contribution in [0.1, 0.15) is 30.1 Å². The molecule has 1 atom stereocenters. The van der Waals surface area contributed by atoms with Gasteiger partial charge < -0.3 is 15.4 Å². The fourth-order valence-corrected chi connectivity index (χ4v) is 2.16. The van der Waals surface area contributed by atoms with Crippen LogP contribution in [0.25, 0.3) is 0 Å². The molecule has 1 unspecified atom stereocenters. The van der Waals surface area contributed by atoms with Crippen LogP contribution in [-0.4, -0.2) is 36.6 Å². The van der Waals surface area contributed by atoms with Crippen molar-refractivity contribution in [2.45, 2.75) is 25.8 Å². The molecule has 0 aliphatic carbocycles. The second-order valence-corrected chi connectivity index (χ2v) is 4.95. The van der Waals surface area contributed by atoms with Gasteiger partial charge in [-0.3, -0.25) is 14.9 Å². The van der Waals surface area contributed by atoms with Crippen molar-refractivity contribution in [3.05, 3.63) is 33.9 Å². The molecule has 0 radical (unpaired) electrons. The molecule has 2 N–H and O–H groups in total. The van der Waals surface area contributed by atoms with Gasteiger partial charge in [-0.2, -0.15) is 0 Å². The lowest BCUT2D eigenvalue weighted by Crippen LogP contribution is -2.35. The lowest BCUT2D eigenvalue weighted by atomic mass is 10.1. The van der Waals surface area contributed by atoms with Gasteiger partial charge in [-0.15, -0.1) is 0 Å². The Morgan fingerprint density at radius 3 is 2.95 bits per heavy atom. The molecule has 0 aromatic heterocycles. The summed E-state index contributed by atoms with van der Waals surface area (Å²) < 4.78 is 5.21. The first-order valence-corrected chi connectivity index (χ1v) is 7.02. The average Bonchev–Trinajstić information content (AvgIpc) is 2.97. The molecule has 0 bridgehead atoms. The van der Waals surface area contributed by atoms with Crippen LogP contribution in [0, 0.1) is 10.1 Å². The second kappa shape index (κ2) is 7.03. The van der Waals surface area contributed by atoms with Crippen LogP contribution >= 0.6 is 0 Å². The van der Waals surface area contributed by atoms with Crippen LogP contribution in [0.3, 0.4) is 0 Å². The molecule has 1 saturated heterocycles. The minimum Gasteiger partial charge on any atom is -0.384 e. The summed E-state index contributed by atoms with van der Waals surface area (Å²) in [6.07, 6.45) is 1.66. The number of hydrogen-bond donors (Lipinski definition) is 2. The van der Waals surface area contributed by atoms with Crippen LogP contribution in [0.15, 0.2) is 18.2 Å². The number of rotatable bonds is 6. The number of hydrogen-bond acceptors (Lipinski definition) is 5. The van der Waals surface area contributed by atoms with Crippen molar-refractivity contribution in [3.63, 3.8) is 0 Å². The molecule has 1 fully saturated rings. The number of nitrogens with zero attached hydrogens (tertiary/aromatic N) is 1. The van der Waals surface area contributed by atoms with Crippen LogP contribution in [0.5, 0.6) is 0 Å². The highest BCUT2D eigenvalue weighted by Gasteiger charge is 2.22. The van der Waals surface area contributed by atoms with Gasteiger partial charge in [-0.25, -0.2) is 0 Å². The minimum absolute atomic E-state index is 0.0317. The van der Waals surface area contributed by atoms with E-state index >= 15 is 0 Å². The zero-order chi connectivity index (χ0) is 15.2. The number of carbonyl (C=O) groups excluding carboxylic acids is 1. The van der Waals surface area contributed by atoms with E-state index in [2.05, 4.69) is 10.6 Å². The molecule has 0 saturated carbocycles. The van der Waals surface area contributed by atoms with E-state index in [1.54, 1.807) is 6.07 Å². The third-order valence-electron chi connectivity index (χ3n) is 3.29. The number of non-ortho nitro benzene ring substituents is 1.